The molecule has 0 bridgehead atoms. The molecule has 1 amide bonds. The van der Waals surface area contributed by atoms with E-state index in [4.69, 9.17) is 0 Å². The van der Waals surface area contributed by atoms with Gasteiger partial charge in [0, 0.05) is 49.8 Å². The average Bonchev–Trinajstić information content (AvgIpc) is 3.12. The van der Waals surface area contributed by atoms with Crippen molar-refractivity contribution >= 4 is 22.5 Å². The minimum atomic E-state index is 0.0217. The molecule has 0 saturated carbocycles. The molecule has 6 nitrogen and oxygen atoms in total. The molecule has 2 aromatic heterocycles. The number of aromatic amines is 1. The Morgan fingerprint density at radius 3 is 2.74 bits per heavy atom. The van der Waals surface area contributed by atoms with Gasteiger partial charge in [-0.05, 0) is 37.2 Å². The monoisotopic (exact) mass is 363 g/mol. The van der Waals surface area contributed by atoms with Crippen LogP contribution >= 0.6 is 0 Å². The number of aromatic nitrogens is 2. The van der Waals surface area contributed by atoms with Crippen molar-refractivity contribution in [1.82, 2.24) is 19.8 Å². The predicted molar refractivity (Wildman–Crippen MR) is 108 cm³/mol. The van der Waals surface area contributed by atoms with Crippen molar-refractivity contribution in [1.29, 1.82) is 0 Å². The number of amides is 1. The third-order valence-electron chi connectivity index (χ3n) is 5.17. The molecule has 0 aliphatic carbocycles. The summed E-state index contributed by atoms with van der Waals surface area (Å²) in [5.41, 5.74) is 3.92. The van der Waals surface area contributed by atoms with Gasteiger partial charge in [-0.3, -0.25) is 4.79 Å². The highest BCUT2D eigenvalue weighted by molar-refractivity contribution is 5.92. The van der Waals surface area contributed by atoms with Crippen molar-refractivity contribution in [3.8, 4) is 0 Å². The second-order valence-corrected chi connectivity index (χ2v) is 7.06. The summed E-state index contributed by atoms with van der Waals surface area (Å²) in [6.45, 7) is 4.18. The number of H-pyrrole nitrogens is 1. The van der Waals surface area contributed by atoms with Crippen molar-refractivity contribution in [2.75, 3.05) is 45.1 Å². The van der Waals surface area contributed by atoms with Gasteiger partial charge >= 0.3 is 0 Å². The number of hydrogen-bond donors (Lipinski definition) is 2. The summed E-state index contributed by atoms with van der Waals surface area (Å²) in [5, 5.41) is 4.66. The molecule has 0 radical (unpaired) electrons. The number of benzene rings is 1. The Labute approximate surface area is 159 Å². The number of pyridine rings is 1. The second kappa shape index (κ2) is 7.80. The highest BCUT2D eigenvalue weighted by atomic mass is 16.2. The largest absolute Gasteiger partial charge is 0.383 e. The van der Waals surface area contributed by atoms with E-state index in [0.717, 1.165) is 44.8 Å². The lowest BCUT2D eigenvalue weighted by Crippen LogP contribution is -2.47. The maximum atomic E-state index is 12.5. The van der Waals surface area contributed by atoms with Crippen LogP contribution in [0, 0.1) is 0 Å². The number of likely N-dealkylation sites (N-methyl/N-ethyl adjacent to an activating group) is 1. The zero-order chi connectivity index (χ0) is 18.6. The van der Waals surface area contributed by atoms with Crippen LogP contribution in [0.3, 0.4) is 0 Å². The summed E-state index contributed by atoms with van der Waals surface area (Å²) < 4.78 is 0. The van der Waals surface area contributed by atoms with Crippen LogP contribution in [0.1, 0.15) is 16.1 Å². The minimum Gasteiger partial charge on any atom is -0.383 e. The lowest BCUT2D eigenvalue weighted by atomic mass is 10.1. The molecule has 3 heterocycles. The third kappa shape index (κ3) is 3.95. The normalized spacial score (nSPS) is 15.2. The van der Waals surface area contributed by atoms with E-state index in [-0.39, 0.29) is 5.91 Å². The predicted octanol–water partition coefficient (Wildman–Crippen LogP) is 2.61. The molecule has 2 N–H and O–H groups in total. The van der Waals surface area contributed by atoms with Crippen LogP contribution in [-0.2, 0) is 6.42 Å². The molecule has 1 aliphatic rings. The molecule has 140 valence electrons. The van der Waals surface area contributed by atoms with Crippen LogP contribution in [-0.4, -0.2) is 65.4 Å². The molecule has 1 saturated heterocycles. The van der Waals surface area contributed by atoms with Gasteiger partial charge in [0.25, 0.3) is 5.91 Å². The van der Waals surface area contributed by atoms with Crippen LogP contribution in [0.5, 0.6) is 0 Å². The summed E-state index contributed by atoms with van der Waals surface area (Å²) in [6.07, 6.45) is 4.74. The number of carbonyl (C=O) groups excluding carboxylic acids is 1. The van der Waals surface area contributed by atoms with Crippen molar-refractivity contribution in [3.05, 3.63) is 60.0 Å². The Morgan fingerprint density at radius 1 is 1.15 bits per heavy atom. The first-order chi connectivity index (χ1) is 13.2. The number of para-hydroxylation sites is 1. The number of fused-ring (bicyclic) bond motifs is 1. The highest BCUT2D eigenvalue weighted by Crippen LogP contribution is 2.18. The van der Waals surface area contributed by atoms with E-state index in [1.165, 1.54) is 16.5 Å². The summed E-state index contributed by atoms with van der Waals surface area (Å²) in [6, 6.07) is 12.1. The van der Waals surface area contributed by atoms with E-state index in [9.17, 15) is 4.79 Å². The van der Waals surface area contributed by atoms with Gasteiger partial charge in [0.15, 0.2) is 0 Å². The Morgan fingerprint density at radius 2 is 1.96 bits per heavy atom. The molecule has 1 fully saturated rings. The van der Waals surface area contributed by atoms with Crippen LogP contribution in [0.4, 0.5) is 5.69 Å². The van der Waals surface area contributed by atoms with Crippen LogP contribution in [0.25, 0.3) is 10.9 Å². The quantitative estimate of drug-likeness (QED) is 0.731. The van der Waals surface area contributed by atoms with E-state index in [1.54, 1.807) is 6.20 Å². The first kappa shape index (κ1) is 17.5. The first-order valence-corrected chi connectivity index (χ1v) is 9.43. The fourth-order valence-corrected chi connectivity index (χ4v) is 3.48. The van der Waals surface area contributed by atoms with Gasteiger partial charge in [0.2, 0.25) is 0 Å². The number of carbonyl (C=O) groups is 1. The van der Waals surface area contributed by atoms with E-state index < -0.39 is 0 Å². The number of piperazine rings is 1. The second-order valence-electron chi connectivity index (χ2n) is 7.06. The smallest absolute Gasteiger partial charge is 0.272 e. The molecule has 0 spiro atoms. The molecule has 6 heteroatoms. The van der Waals surface area contributed by atoms with Gasteiger partial charge in [0.05, 0.1) is 11.9 Å². The van der Waals surface area contributed by atoms with Crippen molar-refractivity contribution in [2.24, 2.45) is 0 Å². The van der Waals surface area contributed by atoms with E-state index in [0.29, 0.717) is 5.69 Å². The van der Waals surface area contributed by atoms with Gasteiger partial charge in [0.1, 0.15) is 5.69 Å². The standard InChI is InChI=1S/C21H25N5O/c1-25-10-12-26(13-11-25)21(27)20-7-6-17(15-24-20)22-9-8-16-14-23-19-5-3-2-4-18(16)19/h2-7,14-15,22-23H,8-13H2,1H3. The van der Waals surface area contributed by atoms with Gasteiger partial charge < -0.3 is 20.1 Å². The fourth-order valence-electron chi connectivity index (χ4n) is 3.48. The highest BCUT2D eigenvalue weighted by Gasteiger charge is 2.21. The molecule has 1 aromatic carbocycles. The number of nitrogens with zero attached hydrogens (tertiary/aromatic N) is 3. The number of hydrogen-bond acceptors (Lipinski definition) is 4. The Kier molecular flexibility index (Phi) is 5.07. The third-order valence-corrected chi connectivity index (χ3v) is 5.17. The fraction of sp³-hybridized carbons (Fsp3) is 0.333. The minimum absolute atomic E-state index is 0.0217. The van der Waals surface area contributed by atoms with E-state index in [2.05, 4.69) is 51.6 Å². The topological polar surface area (TPSA) is 64.3 Å². The van der Waals surface area contributed by atoms with Crippen LogP contribution < -0.4 is 5.32 Å². The molecule has 4 rings (SSSR count). The van der Waals surface area contributed by atoms with Crippen LogP contribution in [0.2, 0.25) is 0 Å². The molecule has 1 aliphatic heterocycles. The van der Waals surface area contributed by atoms with Gasteiger partial charge in [-0.15, -0.1) is 0 Å². The zero-order valence-corrected chi connectivity index (χ0v) is 15.6. The lowest BCUT2D eigenvalue weighted by Gasteiger charge is -2.32. The number of anilines is 1. The molecule has 0 unspecified atom stereocenters. The summed E-state index contributed by atoms with van der Waals surface area (Å²) in [7, 11) is 2.08. The van der Waals surface area contributed by atoms with Crippen molar-refractivity contribution < 1.29 is 4.79 Å². The maximum absolute atomic E-state index is 12.5. The van der Waals surface area contributed by atoms with E-state index in [1.807, 2.05) is 23.1 Å². The lowest BCUT2D eigenvalue weighted by molar-refractivity contribution is 0.0658. The van der Waals surface area contributed by atoms with Crippen molar-refractivity contribution in [2.45, 2.75) is 6.42 Å². The van der Waals surface area contributed by atoms with Crippen LogP contribution in [0.15, 0.2) is 48.8 Å². The molecule has 3 aromatic rings. The number of rotatable bonds is 5. The first-order valence-electron chi connectivity index (χ1n) is 9.43. The SMILES string of the molecule is CN1CCN(C(=O)c2ccc(NCCc3c[nH]c4ccccc34)cn2)CC1. The summed E-state index contributed by atoms with van der Waals surface area (Å²) in [5.74, 6) is 0.0217. The Bertz CT molecular complexity index is 910. The Balaban J connectivity index is 1.32. The van der Waals surface area contributed by atoms with Crippen molar-refractivity contribution in [3.63, 3.8) is 0 Å². The maximum Gasteiger partial charge on any atom is 0.272 e. The van der Waals surface area contributed by atoms with Gasteiger partial charge in [-0.1, -0.05) is 18.2 Å². The van der Waals surface area contributed by atoms with Gasteiger partial charge in [-0.2, -0.15) is 0 Å². The van der Waals surface area contributed by atoms with E-state index >= 15 is 0 Å². The average molecular weight is 363 g/mol. The molecular weight excluding hydrogens is 338 g/mol. The molecule has 0 atom stereocenters. The Hall–Kier alpha value is -2.86. The zero-order valence-electron chi connectivity index (χ0n) is 15.6. The summed E-state index contributed by atoms with van der Waals surface area (Å²) >= 11 is 0. The number of nitrogens with one attached hydrogen (secondary N) is 2. The molecular formula is C21H25N5O. The van der Waals surface area contributed by atoms with Gasteiger partial charge in [-0.25, -0.2) is 4.98 Å². The molecule has 27 heavy (non-hydrogen) atoms. The summed E-state index contributed by atoms with van der Waals surface area (Å²) in [4.78, 5) is 24.3.